The first-order valence-electron chi connectivity index (χ1n) is 8.18. The van der Waals surface area contributed by atoms with Crippen molar-refractivity contribution >= 4 is 5.69 Å². The normalized spacial score (nSPS) is 11.0. The van der Waals surface area contributed by atoms with E-state index in [-0.39, 0.29) is 5.60 Å². The molecule has 0 saturated carbocycles. The predicted octanol–water partition coefficient (Wildman–Crippen LogP) is 4.67. The molecule has 0 aromatic heterocycles. The van der Waals surface area contributed by atoms with Gasteiger partial charge in [0.15, 0.2) is 0 Å². The fourth-order valence-electron chi connectivity index (χ4n) is 2.28. The van der Waals surface area contributed by atoms with Gasteiger partial charge in [-0.2, -0.15) is 0 Å². The Morgan fingerprint density at radius 2 is 1.54 bits per heavy atom. The van der Waals surface area contributed by atoms with E-state index in [1.807, 2.05) is 57.2 Å². The van der Waals surface area contributed by atoms with E-state index in [0.29, 0.717) is 6.61 Å². The van der Waals surface area contributed by atoms with Gasteiger partial charge in [-0.15, -0.1) is 0 Å². The second-order valence-electron chi connectivity index (χ2n) is 6.64. The van der Waals surface area contributed by atoms with Crippen molar-refractivity contribution in [2.75, 3.05) is 25.6 Å². The van der Waals surface area contributed by atoms with Crippen molar-refractivity contribution in [3.8, 4) is 17.2 Å². The zero-order valence-corrected chi connectivity index (χ0v) is 15.2. The third kappa shape index (κ3) is 5.69. The number of aryl methyl sites for hydroxylation is 1. The van der Waals surface area contributed by atoms with E-state index in [0.717, 1.165) is 35.0 Å². The summed E-state index contributed by atoms with van der Waals surface area (Å²) in [6.07, 6.45) is 0. The molecule has 0 unspecified atom stereocenters. The molecule has 0 aliphatic rings. The van der Waals surface area contributed by atoms with Gasteiger partial charge in [0.25, 0.3) is 0 Å². The Labute approximate surface area is 144 Å². The van der Waals surface area contributed by atoms with Crippen LogP contribution in [0.4, 0.5) is 5.69 Å². The summed E-state index contributed by atoms with van der Waals surface area (Å²) in [5, 5.41) is 3.39. The van der Waals surface area contributed by atoms with Crippen LogP contribution >= 0.6 is 0 Å². The van der Waals surface area contributed by atoms with Gasteiger partial charge >= 0.3 is 0 Å². The van der Waals surface area contributed by atoms with Gasteiger partial charge in [0.1, 0.15) is 29.5 Å². The topological polar surface area (TPSA) is 39.7 Å². The lowest BCUT2D eigenvalue weighted by atomic mass is 10.1. The molecule has 0 saturated heterocycles. The molecule has 2 aromatic carbocycles. The summed E-state index contributed by atoms with van der Waals surface area (Å²) in [6, 6.07) is 13.7. The molecule has 24 heavy (non-hydrogen) atoms. The number of rotatable bonds is 7. The first kappa shape index (κ1) is 18.0. The van der Waals surface area contributed by atoms with Crippen LogP contribution in [-0.2, 0) is 0 Å². The van der Waals surface area contributed by atoms with Gasteiger partial charge in [-0.3, -0.25) is 0 Å². The van der Waals surface area contributed by atoms with Gasteiger partial charge in [0.05, 0.1) is 7.11 Å². The van der Waals surface area contributed by atoms with E-state index >= 15 is 0 Å². The van der Waals surface area contributed by atoms with Crippen molar-refractivity contribution in [3.05, 3.63) is 48.0 Å². The minimum atomic E-state index is -0.187. The first-order valence-corrected chi connectivity index (χ1v) is 8.18. The van der Waals surface area contributed by atoms with Crippen LogP contribution < -0.4 is 19.5 Å². The van der Waals surface area contributed by atoms with E-state index in [2.05, 4.69) is 18.3 Å². The van der Waals surface area contributed by atoms with Crippen molar-refractivity contribution in [1.29, 1.82) is 0 Å². The smallest absolute Gasteiger partial charge is 0.120 e. The van der Waals surface area contributed by atoms with Crippen molar-refractivity contribution < 1.29 is 14.2 Å². The van der Waals surface area contributed by atoms with Crippen LogP contribution in [0, 0.1) is 6.92 Å². The fourth-order valence-corrected chi connectivity index (χ4v) is 2.28. The maximum absolute atomic E-state index is 5.88. The summed E-state index contributed by atoms with van der Waals surface area (Å²) < 4.78 is 16.7. The molecule has 0 heterocycles. The Hall–Kier alpha value is -2.36. The molecule has 2 rings (SSSR count). The molecule has 1 N–H and O–H groups in total. The summed E-state index contributed by atoms with van der Waals surface area (Å²) in [7, 11) is 1.65. The zero-order valence-electron chi connectivity index (χ0n) is 15.2. The first-order chi connectivity index (χ1) is 11.4. The maximum Gasteiger partial charge on any atom is 0.120 e. The molecule has 0 aliphatic heterocycles. The molecular weight excluding hydrogens is 302 g/mol. The van der Waals surface area contributed by atoms with Gasteiger partial charge in [-0.25, -0.2) is 0 Å². The molecular formula is C20H27NO3. The molecule has 0 radical (unpaired) electrons. The van der Waals surface area contributed by atoms with Gasteiger partial charge in [0.2, 0.25) is 0 Å². The lowest BCUT2D eigenvalue weighted by Crippen LogP contribution is -2.23. The summed E-state index contributed by atoms with van der Waals surface area (Å²) in [5.74, 6) is 2.55. The molecule has 0 spiro atoms. The van der Waals surface area contributed by atoms with Crippen molar-refractivity contribution in [3.63, 3.8) is 0 Å². The fraction of sp³-hybridized carbons (Fsp3) is 0.400. The molecule has 2 aromatic rings. The number of benzene rings is 2. The van der Waals surface area contributed by atoms with Gasteiger partial charge < -0.3 is 19.5 Å². The lowest BCUT2D eigenvalue weighted by Gasteiger charge is -2.22. The average molecular weight is 329 g/mol. The SMILES string of the molecule is COc1ccc(OCCNc2ccc(OC(C)(C)C)cc2C)cc1. The highest BCUT2D eigenvalue weighted by molar-refractivity contribution is 5.53. The molecule has 0 atom stereocenters. The Morgan fingerprint density at radius 3 is 2.12 bits per heavy atom. The molecule has 0 bridgehead atoms. The number of ether oxygens (including phenoxy) is 3. The Balaban J connectivity index is 1.81. The van der Waals surface area contributed by atoms with Gasteiger partial charge in [0, 0.05) is 12.2 Å². The average Bonchev–Trinajstić information content (AvgIpc) is 2.52. The summed E-state index contributed by atoms with van der Waals surface area (Å²) >= 11 is 0. The number of hydrogen-bond acceptors (Lipinski definition) is 4. The van der Waals surface area contributed by atoms with Crippen LogP contribution in [-0.4, -0.2) is 25.9 Å². The van der Waals surface area contributed by atoms with E-state index in [4.69, 9.17) is 14.2 Å². The maximum atomic E-state index is 5.88. The molecule has 130 valence electrons. The molecule has 4 nitrogen and oxygen atoms in total. The van der Waals surface area contributed by atoms with Crippen LogP contribution in [0.25, 0.3) is 0 Å². The van der Waals surface area contributed by atoms with Crippen LogP contribution in [0.5, 0.6) is 17.2 Å². The number of hydrogen-bond donors (Lipinski definition) is 1. The predicted molar refractivity (Wildman–Crippen MR) is 98.5 cm³/mol. The van der Waals surface area contributed by atoms with Crippen LogP contribution in [0.15, 0.2) is 42.5 Å². The highest BCUT2D eigenvalue weighted by Crippen LogP contribution is 2.24. The van der Waals surface area contributed by atoms with E-state index in [9.17, 15) is 0 Å². The van der Waals surface area contributed by atoms with Crippen molar-refractivity contribution in [1.82, 2.24) is 0 Å². The lowest BCUT2D eigenvalue weighted by molar-refractivity contribution is 0.131. The minimum absolute atomic E-state index is 0.187. The highest BCUT2D eigenvalue weighted by atomic mass is 16.5. The second-order valence-corrected chi connectivity index (χ2v) is 6.64. The highest BCUT2D eigenvalue weighted by Gasteiger charge is 2.12. The standard InChI is InChI=1S/C20H27NO3/c1-15-14-18(24-20(2,3)4)10-11-19(15)21-12-13-23-17-8-6-16(22-5)7-9-17/h6-11,14,21H,12-13H2,1-5H3. The van der Waals surface area contributed by atoms with Gasteiger partial charge in [-0.1, -0.05) is 0 Å². The minimum Gasteiger partial charge on any atom is -0.497 e. The largest absolute Gasteiger partial charge is 0.497 e. The second kappa shape index (κ2) is 7.95. The molecule has 4 heteroatoms. The summed E-state index contributed by atoms with van der Waals surface area (Å²) in [6.45, 7) is 9.53. The van der Waals surface area contributed by atoms with Gasteiger partial charge in [-0.05, 0) is 75.7 Å². The summed E-state index contributed by atoms with van der Waals surface area (Å²) in [5.41, 5.74) is 2.06. The van der Waals surface area contributed by atoms with E-state index in [1.54, 1.807) is 7.11 Å². The summed E-state index contributed by atoms with van der Waals surface area (Å²) in [4.78, 5) is 0. The Bertz CT molecular complexity index is 645. The molecule has 0 aliphatic carbocycles. The number of nitrogens with one attached hydrogen (secondary N) is 1. The Kier molecular flexibility index (Phi) is 5.96. The Morgan fingerprint density at radius 1 is 0.917 bits per heavy atom. The third-order valence-corrected chi connectivity index (χ3v) is 3.37. The van der Waals surface area contributed by atoms with E-state index < -0.39 is 0 Å². The van der Waals surface area contributed by atoms with Crippen molar-refractivity contribution in [2.45, 2.75) is 33.3 Å². The molecule has 0 amide bonds. The quantitative estimate of drug-likeness (QED) is 0.749. The number of methoxy groups -OCH3 is 1. The number of anilines is 1. The zero-order chi connectivity index (χ0) is 17.6. The monoisotopic (exact) mass is 329 g/mol. The van der Waals surface area contributed by atoms with Crippen LogP contribution in [0.1, 0.15) is 26.3 Å². The van der Waals surface area contributed by atoms with Crippen LogP contribution in [0.2, 0.25) is 0 Å². The molecule has 0 fully saturated rings. The van der Waals surface area contributed by atoms with Crippen LogP contribution in [0.3, 0.4) is 0 Å². The van der Waals surface area contributed by atoms with E-state index in [1.165, 1.54) is 0 Å². The third-order valence-electron chi connectivity index (χ3n) is 3.37. The van der Waals surface area contributed by atoms with Crippen molar-refractivity contribution in [2.24, 2.45) is 0 Å².